The number of aliphatic hydroxyl groups excluding tert-OH is 1. The maximum atomic E-state index is 13.5. The molecule has 7 atom stereocenters. The number of hydrogen-bond donors (Lipinski definition) is 1. The maximum Gasteiger partial charge on any atom is 0.201 e. The lowest BCUT2D eigenvalue weighted by molar-refractivity contribution is -0.304. The monoisotopic (exact) mass is 680 g/mol. The summed E-state index contributed by atoms with van der Waals surface area (Å²) in [5.41, 5.74) is 2.31. The number of carbonyl (C=O) groups excluding carboxylic acids is 1. The average Bonchev–Trinajstić information content (AvgIpc) is 2.99. The fraction of sp³-hybridized carbons (Fsp3) is 0.868. The van der Waals surface area contributed by atoms with Crippen LogP contribution in [0, 0.1) is 30.1 Å². The van der Waals surface area contributed by atoms with Crippen molar-refractivity contribution in [2.45, 2.75) is 188 Å². The van der Waals surface area contributed by atoms with Crippen molar-refractivity contribution < 1.29 is 28.2 Å². The highest BCUT2D eigenvalue weighted by Gasteiger charge is 2.50. The number of carbonyl (C=O) groups is 1. The standard InChI is InChI=1S/C38H72O6Si2/c1-17-30(13)37(44-46(27(7)8,28(9)10)29(11)12)31(14)21-22-33(39)23-34(40)24-38(41-16)25-35(32(15)36(42-38)26(5)6)43-45(18-2,19-3)20-4/h1,21,26-30,32-33,35-37,39H,18-20,22-25H2,2-16H3/b31-21+/t30-,32-,33+,35-,36+,37-,38+/m0/s1. The van der Waals surface area contributed by atoms with E-state index < -0.39 is 28.5 Å². The number of aliphatic hydroxyl groups is 1. The Morgan fingerprint density at radius 1 is 1.02 bits per heavy atom. The largest absolute Gasteiger partial charge is 0.413 e. The molecule has 1 aliphatic rings. The van der Waals surface area contributed by atoms with E-state index >= 15 is 0 Å². The number of methoxy groups -OCH3 is 1. The van der Waals surface area contributed by atoms with Crippen molar-refractivity contribution in [2.75, 3.05) is 7.11 Å². The average molecular weight is 681 g/mol. The van der Waals surface area contributed by atoms with Crippen LogP contribution < -0.4 is 0 Å². The van der Waals surface area contributed by atoms with E-state index in [9.17, 15) is 9.90 Å². The van der Waals surface area contributed by atoms with Gasteiger partial charge in [0.15, 0.2) is 14.1 Å². The Balaban J connectivity index is 3.16. The molecule has 0 bridgehead atoms. The molecule has 0 aromatic rings. The zero-order valence-electron chi connectivity index (χ0n) is 32.4. The molecule has 0 radical (unpaired) electrons. The zero-order chi connectivity index (χ0) is 35.6. The molecular formula is C38H72O6Si2. The lowest BCUT2D eigenvalue weighted by atomic mass is 9.82. The van der Waals surface area contributed by atoms with Gasteiger partial charge in [-0.15, -0.1) is 12.3 Å². The Bertz CT molecular complexity index is 968. The van der Waals surface area contributed by atoms with Gasteiger partial charge in [-0.2, -0.15) is 0 Å². The predicted molar refractivity (Wildman–Crippen MR) is 198 cm³/mol. The molecule has 0 saturated carbocycles. The van der Waals surface area contributed by atoms with Crippen molar-refractivity contribution >= 4 is 22.4 Å². The fourth-order valence-electron chi connectivity index (χ4n) is 8.10. The Morgan fingerprint density at radius 2 is 1.54 bits per heavy atom. The molecular weight excluding hydrogens is 609 g/mol. The zero-order valence-corrected chi connectivity index (χ0v) is 34.4. The summed E-state index contributed by atoms with van der Waals surface area (Å²) in [7, 11) is -2.45. The maximum absolute atomic E-state index is 13.5. The molecule has 6 nitrogen and oxygen atoms in total. The summed E-state index contributed by atoms with van der Waals surface area (Å²) in [6, 6.07) is 3.20. The first-order chi connectivity index (χ1) is 21.3. The smallest absolute Gasteiger partial charge is 0.201 e. The minimum absolute atomic E-state index is 0.0299. The molecule has 1 N–H and O–H groups in total. The lowest BCUT2D eigenvalue weighted by Gasteiger charge is -2.50. The summed E-state index contributed by atoms with van der Waals surface area (Å²) in [5.74, 6) is 2.10. The van der Waals surface area contributed by atoms with E-state index in [0.29, 0.717) is 29.5 Å². The fourth-order valence-corrected chi connectivity index (χ4v) is 16.7. The van der Waals surface area contributed by atoms with Gasteiger partial charge in [0.05, 0.1) is 30.8 Å². The van der Waals surface area contributed by atoms with Crippen LogP contribution in [0.2, 0.25) is 34.8 Å². The van der Waals surface area contributed by atoms with Crippen LogP contribution in [0.5, 0.6) is 0 Å². The molecule has 0 aliphatic carbocycles. The Kier molecular flexibility index (Phi) is 17.7. The van der Waals surface area contributed by atoms with Gasteiger partial charge in [-0.05, 0) is 66.5 Å². The van der Waals surface area contributed by atoms with E-state index in [2.05, 4.69) is 89.0 Å². The van der Waals surface area contributed by atoms with Gasteiger partial charge in [0.25, 0.3) is 0 Å². The van der Waals surface area contributed by atoms with E-state index in [4.69, 9.17) is 24.7 Å². The van der Waals surface area contributed by atoms with E-state index in [-0.39, 0.29) is 54.7 Å². The third-order valence-electron chi connectivity index (χ3n) is 11.2. The third-order valence-corrected chi connectivity index (χ3v) is 21.9. The molecule has 0 aromatic heterocycles. The van der Waals surface area contributed by atoms with E-state index in [1.54, 1.807) is 7.11 Å². The van der Waals surface area contributed by atoms with Crippen molar-refractivity contribution in [2.24, 2.45) is 17.8 Å². The van der Waals surface area contributed by atoms with Gasteiger partial charge in [0.2, 0.25) is 8.32 Å². The van der Waals surface area contributed by atoms with Crippen LogP contribution in [0.25, 0.3) is 0 Å². The molecule has 0 spiro atoms. The Morgan fingerprint density at radius 3 is 1.96 bits per heavy atom. The molecule has 268 valence electrons. The normalized spacial score (nSPS) is 25.3. The van der Waals surface area contributed by atoms with Crippen LogP contribution in [-0.4, -0.2) is 64.8 Å². The van der Waals surface area contributed by atoms with Crippen LogP contribution in [-0.2, 0) is 23.1 Å². The molecule has 0 aromatic carbocycles. The first kappa shape index (κ1) is 43.2. The summed E-state index contributed by atoms with van der Waals surface area (Å²) in [5, 5.41) is 11.1. The van der Waals surface area contributed by atoms with Gasteiger partial charge in [-0.25, -0.2) is 0 Å². The molecule has 1 rings (SSSR count). The van der Waals surface area contributed by atoms with Crippen LogP contribution in [0.3, 0.4) is 0 Å². The number of terminal acetylenes is 1. The van der Waals surface area contributed by atoms with Crippen LogP contribution in [0.15, 0.2) is 11.6 Å². The number of ketones is 1. The SMILES string of the molecule is C#C[C@H](C)[C@H](O[Si](C(C)C)(C(C)C)C(C)C)/C(C)=C/C[C@@H](O)CC(=O)C[C@]1(OC)C[C@H](O[Si](CC)(CC)CC)[C@H](C)[C@@H](C(C)C)O1. The molecule has 0 unspecified atom stereocenters. The second kappa shape index (κ2) is 18.8. The molecule has 46 heavy (non-hydrogen) atoms. The predicted octanol–water partition coefficient (Wildman–Crippen LogP) is 9.68. The van der Waals surface area contributed by atoms with E-state index in [0.717, 1.165) is 23.7 Å². The third kappa shape index (κ3) is 10.6. The quantitative estimate of drug-likeness (QED) is 0.0784. The van der Waals surface area contributed by atoms with Crippen molar-refractivity contribution in [3.63, 3.8) is 0 Å². The lowest BCUT2D eigenvalue weighted by Crippen LogP contribution is -2.57. The molecule has 8 heteroatoms. The number of Topliss-reactive ketones (excluding diaryl/α,β-unsaturated/α-hetero) is 1. The highest BCUT2D eigenvalue weighted by Crippen LogP contribution is 2.45. The summed E-state index contributed by atoms with van der Waals surface area (Å²) in [6.45, 7) is 31.0. The van der Waals surface area contributed by atoms with Crippen molar-refractivity contribution in [3.8, 4) is 12.3 Å². The summed E-state index contributed by atoms with van der Waals surface area (Å²) >= 11 is 0. The van der Waals surface area contributed by atoms with Crippen LogP contribution in [0.1, 0.15) is 123 Å². The van der Waals surface area contributed by atoms with Crippen LogP contribution >= 0.6 is 0 Å². The topological polar surface area (TPSA) is 74.2 Å². The summed E-state index contributed by atoms with van der Waals surface area (Å²) < 4.78 is 26.8. The second-order valence-corrected chi connectivity index (χ2v) is 25.6. The molecule has 1 heterocycles. The Labute approximate surface area is 286 Å². The first-order valence-corrected chi connectivity index (χ1v) is 22.9. The van der Waals surface area contributed by atoms with Gasteiger partial charge in [-0.1, -0.05) is 89.2 Å². The minimum Gasteiger partial charge on any atom is -0.413 e. The summed E-state index contributed by atoms with van der Waals surface area (Å²) in [4.78, 5) is 13.5. The van der Waals surface area contributed by atoms with Crippen molar-refractivity contribution in [1.29, 1.82) is 0 Å². The number of ether oxygens (including phenoxy) is 2. The molecule has 1 fully saturated rings. The summed E-state index contributed by atoms with van der Waals surface area (Å²) in [6.07, 6.45) is 7.75. The molecule has 1 aliphatic heterocycles. The molecule has 0 amide bonds. The first-order valence-electron chi connectivity index (χ1n) is 18.3. The van der Waals surface area contributed by atoms with Crippen LogP contribution in [0.4, 0.5) is 0 Å². The number of hydrogen-bond acceptors (Lipinski definition) is 6. The van der Waals surface area contributed by atoms with E-state index in [1.165, 1.54) is 0 Å². The molecule has 1 saturated heterocycles. The number of rotatable bonds is 20. The van der Waals surface area contributed by atoms with Gasteiger partial charge in [0.1, 0.15) is 5.78 Å². The second-order valence-electron chi connectivity index (χ2n) is 15.5. The van der Waals surface area contributed by atoms with Gasteiger partial charge < -0.3 is 23.4 Å². The minimum atomic E-state index is -2.19. The van der Waals surface area contributed by atoms with Crippen molar-refractivity contribution in [3.05, 3.63) is 11.6 Å². The van der Waals surface area contributed by atoms with Crippen molar-refractivity contribution in [1.82, 2.24) is 0 Å². The van der Waals surface area contributed by atoms with Gasteiger partial charge in [0, 0.05) is 31.8 Å². The highest BCUT2D eigenvalue weighted by atomic mass is 28.4. The van der Waals surface area contributed by atoms with Gasteiger partial charge >= 0.3 is 0 Å². The Hall–Kier alpha value is -0.796. The highest BCUT2D eigenvalue weighted by molar-refractivity contribution is 6.77. The van der Waals surface area contributed by atoms with Gasteiger partial charge in [-0.3, -0.25) is 4.79 Å². The van der Waals surface area contributed by atoms with E-state index in [1.807, 2.05) is 19.9 Å².